The lowest BCUT2D eigenvalue weighted by Gasteiger charge is -2.08. The van der Waals surface area contributed by atoms with Crippen molar-refractivity contribution >= 4 is 21.1 Å². The third kappa shape index (κ3) is 3.73. The highest BCUT2D eigenvalue weighted by atomic mass is 32.2. The summed E-state index contributed by atoms with van der Waals surface area (Å²) in [7, 11) is -2.11. The summed E-state index contributed by atoms with van der Waals surface area (Å²) in [6.07, 6.45) is 0.458. The molecule has 2 N–H and O–H groups in total. The molecule has 0 aliphatic heterocycles. The van der Waals surface area contributed by atoms with Crippen molar-refractivity contribution in [1.29, 1.82) is 0 Å². The highest BCUT2D eigenvalue weighted by Crippen LogP contribution is 2.15. The summed E-state index contributed by atoms with van der Waals surface area (Å²) in [5.74, 6) is 1.14. The van der Waals surface area contributed by atoms with E-state index in [0.29, 0.717) is 30.2 Å². The Morgan fingerprint density at radius 1 is 1.12 bits per heavy atom. The van der Waals surface area contributed by atoms with E-state index in [4.69, 9.17) is 9.15 Å². The summed E-state index contributed by atoms with van der Waals surface area (Å²) < 4.78 is 34.8. The second-order valence-electron chi connectivity index (χ2n) is 5.03. The van der Waals surface area contributed by atoms with Crippen LogP contribution in [-0.2, 0) is 16.4 Å². The van der Waals surface area contributed by atoms with Crippen molar-refractivity contribution in [2.75, 3.05) is 13.7 Å². The predicted molar refractivity (Wildman–Crippen MR) is 89.0 cm³/mol. The third-order valence-corrected chi connectivity index (χ3v) is 4.68. The standard InChI is InChI=1S/C16H17N3O4S/c1-22-12-6-8-13(9-7-12)24(20,21)19-17-11-10-16-18-14-4-2-3-5-15(14)23-16/h2-9,17,19H,10-11H2,1H3. The molecule has 126 valence electrons. The summed E-state index contributed by atoms with van der Waals surface area (Å²) in [6.45, 7) is 0.349. The smallest absolute Gasteiger partial charge is 0.253 e. The monoisotopic (exact) mass is 347 g/mol. The average molecular weight is 347 g/mol. The number of ether oxygens (including phenoxy) is 1. The Bertz CT molecular complexity index is 887. The van der Waals surface area contributed by atoms with Gasteiger partial charge in [0.2, 0.25) is 0 Å². The number of nitrogens with zero attached hydrogens (tertiary/aromatic N) is 1. The van der Waals surface area contributed by atoms with Gasteiger partial charge in [0.1, 0.15) is 11.3 Å². The van der Waals surface area contributed by atoms with Gasteiger partial charge >= 0.3 is 0 Å². The van der Waals surface area contributed by atoms with Gasteiger partial charge in [0.15, 0.2) is 11.5 Å². The first-order valence-electron chi connectivity index (χ1n) is 7.32. The van der Waals surface area contributed by atoms with Crippen LogP contribution in [0.4, 0.5) is 0 Å². The molecule has 3 rings (SSSR count). The lowest BCUT2D eigenvalue weighted by atomic mass is 10.3. The summed E-state index contributed by atoms with van der Waals surface area (Å²) in [5, 5.41) is 0. The van der Waals surface area contributed by atoms with E-state index in [1.165, 1.54) is 19.2 Å². The number of hydrogen-bond acceptors (Lipinski definition) is 6. The number of oxazole rings is 1. The van der Waals surface area contributed by atoms with E-state index in [-0.39, 0.29) is 4.90 Å². The van der Waals surface area contributed by atoms with E-state index in [0.717, 1.165) is 5.52 Å². The summed E-state index contributed by atoms with van der Waals surface area (Å²) in [6, 6.07) is 13.6. The van der Waals surface area contributed by atoms with Crippen LogP contribution in [0.2, 0.25) is 0 Å². The van der Waals surface area contributed by atoms with Gasteiger partial charge in [0.25, 0.3) is 10.0 Å². The van der Waals surface area contributed by atoms with E-state index in [1.807, 2.05) is 24.3 Å². The van der Waals surface area contributed by atoms with Crippen LogP contribution in [-0.4, -0.2) is 27.1 Å². The number of aromatic nitrogens is 1. The number of para-hydroxylation sites is 2. The summed E-state index contributed by atoms with van der Waals surface area (Å²) >= 11 is 0. The first kappa shape index (κ1) is 16.4. The second-order valence-corrected chi connectivity index (χ2v) is 6.72. The van der Waals surface area contributed by atoms with Gasteiger partial charge in [-0.2, -0.15) is 0 Å². The zero-order chi connectivity index (χ0) is 17.0. The molecule has 2 aromatic carbocycles. The fraction of sp³-hybridized carbons (Fsp3) is 0.188. The fourth-order valence-electron chi connectivity index (χ4n) is 2.16. The lowest BCUT2D eigenvalue weighted by Crippen LogP contribution is -2.38. The van der Waals surface area contributed by atoms with E-state index >= 15 is 0 Å². The molecule has 0 saturated carbocycles. The molecule has 0 bridgehead atoms. The number of fused-ring (bicyclic) bond motifs is 1. The largest absolute Gasteiger partial charge is 0.497 e. The number of sulfonamides is 1. The molecule has 0 aliphatic carbocycles. The number of hydrazine groups is 1. The van der Waals surface area contributed by atoms with Gasteiger partial charge in [-0.3, -0.25) is 0 Å². The number of hydrogen-bond donors (Lipinski definition) is 2. The molecule has 3 aromatic rings. The first-order valence-corrected chi connectivity index (χ1v) is 8.80. The minimum atomic E-state index is -3.63. The molecule has 0 spiro atoms. The molecule has 0 aliphatic rings. The van der Waals surface area contributed by atoms with Gasteiger partial charge in [0.05, 0.1) is 12.0 Å². The molecule has 7 nitrogen and oxygen atoms in total. The van der Waals surface area contributed by atoms with Gasteiger partial charge in [-0.25, -0.2) is 18.8 Å². The van der Waals surface area contributed by atoms with E-state index < -0.39 is 10.0 Å². The second kappa shape index (κ2) is 7.00. The van der Waals surface area contributed by atoms with Gasteiger partial charge in [-0.05, 0) is 36.4 Å². The molecule has 1 aromatic heterocycles. The molecule has 0 radical (unpaired) electrons. The third-order valence-electron chi connectivity index (χ3n) is 3.38. The molecular weight excluding hydrogens is 330 g/mol. The van der Waals surface area contributed by atoms with Crippen LogP contribution in [0.3, 0.4) is 0 Å². The maximum absolute atomic E-state index is 12.1. The Morgan fingerprint density at radius 3 is 2.58 bits per heavy atom. The molecule has 0 saturated heterocycles. The highest BCUT2D eigenvalue weighted by Gasteiger charge is 2.13. The Balaban J connectivity index is 1.54. The molecular formula is C16H17N3O4S. The minimum absolute atomic E-state index is 0.151. The SMILES string of the molecule is COc1ccc(S(=O)(=O)NNCCc2nc3ccccc3o2)cc1. The summed E-state index contributed by atoms with van der Waals surface area (Å²) in [4.78, 5) is 6.81. The lowest BCUT2D eigenvalue weighted by molar-refractivity contribution is 0.414. The highest BCUT2D eigenvalue weighted by molar-refractivity contribution is 7.89. The Kier molecular flexibility index (Phi) is 4.79. The van der Waals surface area contributed by atoms with Crippen LogP contribution in [0, 0.1) is 0 Å². The van der Waals surface area contributed by atoms with Crippen LogP contribution in [0.15, 0.2) is 57.8 Å². The Hall–Kier alpha value is -2.42. The topological polar surface area (TPSA) is 93.5 Å². The minimum Gasteiger partial charge on any atom is -0.497 e. The van der Waals surface area contributed by atoms with Crippen LogP contribution < -0.4 is 15.0 Å². The number of rotatable bonds is 7. The van der Waals surface area contributed by atoms with Crippen molar-refractivity contribution < 1.29 is 17.6 Å². The maximum atomic E-state index is 12.1. The molecule has 8 heteroatoms. The van der Waals surface area contributed by atoms with Crippen molar-refractivity contribution in [3.63, 3.8) is 0 Å². The molecule has 1 heterocycles. The Morgan fingerprint density at radius 2 is 1.88 bits per heavy atom. The van der Waals surface area contributed by atoms with Crippen LogP contribution in [0.5, 0.6) is 5.75 Å². The molecule has 0 atom stereocenters. The van der Waals surface area contributed by atoms with E-state index in [1.54, 1.807) is 12.1 Å². The van der Waals surface area contributed by atoms with Crippen LogP contribution in [0.25, 0.3) is 11.1 Å². The summed E-state index contributed by atoms with van der Waals surface area (Å²) in [5.41, 5.74) is 4.17. The van der Waals surface area contributed by atoms with Crippen LogP contribution >= 0.6 is 0 Å². The zero-order valence-corrected chi connectivity index (χ0v) is 13.8. The fourth-order valence-corrected chi connectivity index (χ4v) is 3.06. The van der Waals surface area contributed by atoms with Gasteiger partial charge < -0.3 is 9.15 Å². The average Bonchev–Trinajstić information content (AvgIpc) is 3.01. The molecule has 0 unspecified atom stereocenters. The predicted octanol–water partition coefficient (Wildman–Crippen LogP) is 1.86. The van der Waals surface area contributed by atoms with E-state index in [9.17, 15) is 8.42 Å². The molecule has 0 fully saturated rings. The van der Waals surface area contributed by atoms with Crippen LogP contribution in [0.1, 0.15) is 5.89 Å². The van der Waals surface area contributed by atoms with Crippen molar-refractivity contribution in [1.82, 2.24) is 15.2 Å². The normalized spacial score (nSPS) is 11.7. The molecule has 24 heavy (non-hydrogen) atoms. The quantitative estimate of drug-likeness (QED) is 0.500. The van der Waals surface area contributed by atoms with Gasteiger partial charge in [0, 0.05) is 13.0 Å². The number of nitrogens with one attached hydrogen (secondary N) is 2. The number of benzene rings is 2. The zero-order valence-electron chi connectivity index (χ0n) is 13.0. The van der Waals surface area contributed by atoms with Gasteiger partial charge in [-0.1, -0.05) is 12.1 Å². The van der Waals surface area contributed by atoms with Crippen molar-refractivity contribution in [3.8, 4) is 5.75 Å². The van der Waals surface area contributed by atoms with Crippen molar-refractivity contribution in [2.24, 2.45) is 0 Å². The van der Waals surface area contributed by atoms with E-state index in [2.05, 4.69) is 15.2 Å². The van der Waals surface area contributed by atoms with Crippen molar-refractivity contribution in [3.05, 3.63) is 54.4 Å². The number of methoxy groups -OCH3 is 1. The first-order chi connectivity index (χ1) is 11.6. The molecule has 0 amide bonds. The Labute approximate surface area is 139 Å². The van der Waals surface area contributed by atoms with Gasteiger partial charge in [-0.15, -0.1) is 4.83 Å². The van der Waals surface area contributed by atoms with Crippen molar-refractivity contribution in [2.45, 2.75) is 11.3 Å². The maximum Gasteiger partial charge on any atom is 0.253 e.